The van der Waals surface area contributed by atoms with Gasteiger partial charge in [0.2, 0.25) is 0 Å². The number of thiophene rings is 1. The summed E-state index contributed by atoms with van der Waals surface area (Å²) in [5, 5.41) is 4.51. The molecule has 0 spiro atoms. The Hall–Kier alpha value is -1.56. The molecule has 0 saturated carbocycles. The zero-order valence-corrected chi connectivity index (χ0v) is 14.0. The highest BCUT2D eigenvalue weighted by Crippen LogP contribution is 2.13. The summed E-state index contributed by atoms with van der Waals surface area (Å²) in [4.78, 5) is 24.9. The highest BCUT2D eigenvalue weighted by atomic mass is 32.1. The van der Waals surface area contributed by atoms with Crippen LogP contribution in [0.3, 0.4) is 0 Å². The van der Waals surface area contributed by atoms with Crippen molar-refractivity contribution in [2.75, 3.05) is 0 Å². The standard InChI is InChI=1S/C15H23NO4S/c1-10(2)19-13(17)12(9-11-7-6-8-21-11)16-14(18)20-15(3,4)5/h6-8,10,12H,9H2,1-5H3,(H,16,18)/t12-/m1/s1. The van der Waals surface area contributed by atoms with Crippen LogP contribution in [-0.4, -0.2) is 29.8 Å². The average molecular weight is 313 g/mol. The Kier molecular flexibility index (Phi) is 6.20. The Balaban J connectivity index is 2.71. The Morgan fingerprint density at radius 3 is 2.48 bits per heavy atom. The van der Waals surface area contributed by atoms with Crippen molar-refractivity contribution in [1.29, 1.82) is 0 Å². The summed E-state index contributed by atoms with van der Waals surface area (Å²) in [6.45, 7) is 8.86. The minimum absolute atomic E-state index is 0.233. The second-order valence-corrected chi connectivity index (χ2v) is 7.00. The zero-order valence-electron chi connectivity index (χ0n) is 13.1. The van der Waals surface area contributed by atoms with Gasteiger partial charge < -0.3 is 14.8 Å². The van der Waals surface area contributed by atoms with Crippen molar-refractivity contribution >= 4 is 23.4 Å². The van der Waals surface area contributed by atoms with Crippen molar-refractivity contribution in [3.63, 3.8) is 0 Å². The van der Waals surface area contributed by atoms with E-state index in [1.165, 1.54) is 11.3 Å². The monoisotopic (exact) mass is 313 g/mol. The first-order valence-corrected chi connectivity index (χ1v) is 7.77. The van der Waals surface area contributed by atoms with Gasteiger partial charge in [-0.25, -0.2) is 9.59 Å². The van der Waals surface area contributed by atoms with Crippen LogP contribution in [-0.2, 0) is 20.7 Å². The van der Waals surface area contributed by atoms with Gasteiger partial charge in [-0.2, -0.15) is 0 Å². The van der Waals surface area contributed by atoms with Crippen molar-refractivity contribution in [2.24, 2.45) is 0 Å². The topological polar surface area (TPSA) is 64.6 Å². The quantitative estimate of drug-likeness (QED) is 0.848. The lowest BCUT2D eigenvalue weighted by Crippen LogP contribution is -2.45. The van der Waals surface area contributed by atoms with Gasteiger partial charge in [-0.1, -0.05) is 6.07 Å². The first-order valence-electron chi connectivity index (χ1n) is 6.90. The molecule has 0 aliphatic carbocycles. The van der Waals surface area contributed by atoms with Gasteiger partial charge in [0.15, 0.2) is 0 Å². The third kappa shape index (κ3) is 7.13. The van der Waals surface area contributed by atoms with Gasteiger partial charge in [-0.15, -0.1) is 11.3 Å². The minimum atomic E-state index is -0.749. The molecule has 1 N–H and O–H groups in total. The summed E-state index contributed by atoms with van der Waals surface area (Å²) < 4.78 is 10.4. The van der Waals surface area contributed by atoms with E-state index in [1.54, 1.807) is 34.6 Å². The van der Waals surface area contributed by atoms with Crippen LogP contribution in [0.25, 0.3) is 0 Å². The van der Waals surface area contributed by atoms with Gasteiger partial charge >= 0.3 is 12.1 Å². The van der Waals surface area contributed by atoms with E-state index in [0.29, 0.717) is 6.42 Å². The molecular formula is C15H23NO4S. The van der Waals surface area contributed by atoms with Gasteiger partial charge in [0.05, 0.1) is 6.10 Å². The number of nitrogens with one attached hydrogen (secondary N) is 1. The molecule has 0 aliphatic heterocycles. The van der Waals surface area contributed by atoms with Crippen molar-refractivity contribution in [3.8, 4) is 0 Å². The van der Waals surface area contributed by atoms with Gasteiger partial charge in [0, 0.05) is 11.3 Å². The van der Waals surface area contributed by atoms with Crippen LogP contribution in [0.2, 0.25) is 0 Å². The lowest BCUT2D eigenvalue weighted by atomic mass is 10.2. The molecule has 0 radical (unpaired) electrons. The van der Waals surface area contributed by atoms with Crippen LogP contribution < -0.4 is 5.32 Å². The molecule has 0 aromatic carbocycles. The predicted molar refractivity (Wildman–Crippen MR) is 82.4 cm³/mol. The molecule has 0 unspecified atom stereocenters. The molecule has 5 nitrogen and oxygen atoms in total. The summed E-state index contributed by atoms with van der Waals surface area (Å²) in [5.41, 5.74) is -0.612. The smallest absolute Gasteiger partial charge is 0.408 e. The number of hydrogen-bond donors (Lipinski definition) is 1. The SMILES string of the molecule is CC(C)OC(=O)[C@@H](Cc1cccs1)NC(=O)OC(C)(C)C. The molecule has 1 aromatic rings. The first kappa shape index (κ1) is 17.5. The number of ether oxygens (including phenoxy) is 2. The fraction of sp³-hybridized carbons (Fsp3) is 0.600. The Morgan fingerprint density at radius 1 is 1.33 bits per heavy atom. The molecule has 118 valence electrons. The second-order valence-electron chi connectivity index (χ2n) is 5.97. The fourth-order valence-electron chi connectivity index (χ4n) is 1.59. The van der Waals surface area contributed by atoms with Crippen LogP contribution in [0.1, 0.15) is 39.5 Å². The van der Waals surface area contributed by atoms with E-state index in [9.17, 15) is 9.59 Å². The highest BCUT2D eigenvalue weighted by molar-refractivity contribution is 7.09. The van der Waals surface area contributed by atoms with Gasteiger partial charge in [0.25, 0.3) is 0 Å². The van der Waals surface area contributed by atoms with Crippen molar-refractivity contribution < 1.29 is 19.1 Å². The molecule has 0 fully saturated rings. The van der Waals surface area contributed by atoms with Crippen molar-refractivity contribution in [1.82, 2.24) is 5.32 Å². The molecule has 1 aromatic heterocycles. The normalized spacial score (nSPS) is 12.9. The van der Waals surface area contributed by atoms with E-state index in [4.69, 9.17) is 9.47 Å². The molecule has 1 atom stereocenters. The molecule has 0 saturated heterocycles. The maximum absolute atomic E-state index is 12.1. The Bertz CT molecular complexity index is 463. The minimum Gasteiger partial charge on any atom is -0.461 e. The van der Waals surface area contributed by atoms with Crippen molar-refractivity contribution in [3.05, 3.63) is 22.4 Å². The number of carbonyl (C=O) groups excluding carboxylic acids is 2. The fourth-order valence-corrected chi connectivity index (χ4v) is 2.34. The third-order valence-corrected chi connectivity index (χ3v) is 3.21. The summed E-state index contributed by atoms with van der Waals surface area (Å²) >= 11 is 1.53. The van der Waals surface area contributed by atoms with E-state index < -0.39 is 23.7 Å². The molecule has 0 aliphatic rings. The van der Waals surface area contributed by atoms with Crippen LogP contribution in [0.15, 0.2) is 17.5 Å². The van der Waals surface area contributed by atoms with E-state index in [1.807, 2.05) is 17.5 Å². The van der Waals surface area contributed by atoms with E-state index in [0.717, 1.165) is 4.88 Å². The molecule has 0 bridgehead atoms. The van der Waals surface area contributed by atoms with Crippen molar-refractivity contribution in [2.45, 2.75) is 58.8 Å². The van der Waals surface area contributed by atoms with E-state index in [-0.39, 0.29) is 6.10 Å². The molecule has 1 heterocycles. The molecular weight excluding hydrogens is 290 g/mol. The first-order chi connectivity index (χ1) is 9.67. The summed E-state index contributed by atoms with van der Waals surface area (Å²) in [7, 11) is 0. The average Bonchev–Trinajstić information content (AvgIpc) is 2.77. The van der Waals surface area contributed by atoms with Crippen LogP contribution in [0.5, 0.6) is 0 Å². The number of amides is 1. The number of esters is 1. The largest absolute Gasteiger partial charge is 0.461 e. The maximum Gasteiger partial charge on any atom is 0.408 e. The van der Waals surface area contributed by atoms with Crippen LogP contribution in [0, 0.1) is 0 Å². The summed E-state index contributed by atoms with van der Waals surface area (Å²) in [6, 6.07) is 3.07. The van der Waals surface area contributed by atoms with E-state index in [2.05, 4.69) is 5.32 Å². The van der Waals surface area contributed by atoms with Gasteiger partial charge in [-0.3, -0.25) is 0 Å². The zero-order chi connectivity index (χ0) is 16.0. The Morgan fingerprint density at radius 2 is 2.00 bits per heavy atom. The van der Waals surface area contributed by atoms with Crippen LogP contribution in [0.4, 0.5) is 4.79 Å². The van der Waals surface area contributed by atoms with Gasteiger partial charge in [0.1, 0.15) is 11.6 Å². The molecule has 21 heavy (non-hydrogen) atoms. The van der Waals surface area contributed by atoms with Gasteiger partial charge in [-0.05, 0) is 46.1 Å². The number of hydrogen-bond acceptors (Lipinski definition) is 5. The maximum atomic E-state index is 12.1. The number of rotatable bonds is 5. The summed E-state index contributed by atoms with van der Waals surface area (Å²) in [6.07, 6.45) is -0.462. The molecule has 6 heteroatoms. The number of alkyl carbamates (subject to hydrolysis) is 1. The molecule has 1 amide bonds. The third-order valence-electron chi connectivity index (χ3n) is 2.31. The number of carbonyl (C=O) groups is 2. The predicted octanol–water partition coefficient (Wildman–Crippen LogP) is 3.14. The molecule has 1 rings (SSSR count). The van der Waals surface area contributed by atoms with Crippen LogP contribution >= 0.6 is 11.3 Å². The van der Waals surface area contributed by atoms with E-state index >= 15 is 0 Å². The lowest BCUT2D eigenvalue weighted by molar-refractivity contribution is -0.149. The summed E-state index contributed by atoms with van der Waals surface area (Å²) in [5.74, 6) is -0.454. The highest BCUT2D eigenvalue weighted by Gasteiger charge is 2.26. The second kappa shape index (κ2) is 7.45. The lowest BCUT2D eigenvalue weighted by Gasteiger charge is -2.23. The Labute approximate surface area is 129 Å².